The van der Waals surface area contributed by atoms with E-state index in [1.807, 2.05) is 36.4 Å². The standard InChI is InChI=1S/C36H39FN4O4/c1-40-17-13-24(14-18-40)6-5-9-26-20-31-29(22-34(26)44-2)32(12-16-38-31)45-33-11-10-28(21-30(33)37)39-35(42)36(43)41-19-15-25-7-3-4-8-27(25)23-41/h3-4,7-8,10-12,16,20-22,24H,5-6,9,13-15,17-19,23H2,1-2H3,(H,39,42). The first-order chi connectivity index (χ1) is 21.9. The van der Waals surface area contributed by atoms with E-state index >= 15 is 4.39 Å². The molecule has 45 heavy (non-hydrogen) atoms. The van der Waals surface area contributed by atoms with Gasteiger partial charge in [0.15, 0.2) is 11.6 Å². The molecule has 0 bridgehead atoms. The number of aryl methyl sites for hydroxylation is 1. The predicted molar refractivity (Wildman–Crippen MR) is 172 cm³/mol. The molecular formula is C36H39FN4O4. The lowest BCUT2D eigenvalue weighted by Gasteiger charge is -2.28. The smallest absolute Gasteiger partial charge is 0.313 e. The molecule has 3 aromatic carbocycles. The van der Waals surface area contributed by atoms with Crippen molar-refractivity contribution >= 4 is 28.4 Å². The summed E-state index contributed by atoms with van der Waals surface area (Å²) in [5.74, 6) is -0.180. The molecule has 0 spiro atoms. The van der Waals surface area contributed by atoms with Crippen LogP contribution >= 0.6 is 0 Å². The second-order valence-electron chi connectivity index (χ2n) is 12.1. The number of carbonyl (C=O) groups excluding carboxylic acids is 2. The summed E-state index contributed by atoms with van der Waals surface area (Å²) >= 11 is 0. The second kappa shape index (κ2) is 13.6. The SMILES string of the molecule is COc1cc2c(Oc3ccc(NC(=O)C(=O)N4CCc5ccccc5C4)cc3F)ccnc2cc1CCCC1CCN(C)CC1. The maximum atomic E-state index is 15.2. The van der Waals surface area contributed by atoms with E-state index in [-0.39, 0.29) is 11.4 Å². The summed E-state index contributed by atoms with van der Waals surface area (Å²) in [5.41, 5.74) is 4.21. The molecule has 0 saturated carbocycles. The van der Waals surface area contributed by atoms with Crippen molar-refractivity contribution in [3.63, 3.8) is 0 Å². The van der Waals surface area contributed by atoms with Gasteiger partial charge >= 0.3 is 11.8 Å². The zero-order chi connectivity index (χ0) is 31.3. The maximum Gasteiger partial charge on any atom is 0.313 e. The van der Waals surface area contributed by atoms with E-state index in [2.05, 4.69) is 22.2 Å². The van der Waals surface area contributed by atoms with Crippen LogP contribution in [-0.4, -0.2) is 60.4 Å². The second-order valence-corrected chi connectivity index (χ2v) is 12.1. The summed E-state index contributed by atoms with van der Waals surface area (Å²) < 4.78 is 27.0. The summed E-state index contributed by atoms with van der Waals surface area (Å²) in [6, 6.07) is 17.6. The van der Waals surface area contributed by atoms with Crippen LogP contribution in [0.1, 0.15) is 42.4 Å². The Balaban J connectivity index is 1.10. The number of hydrogen-bond acceptors (Lipinski definition) is 6. The van der Waals surface area contributed by atoms with Crippen molar-refractivity contribution in [2.75, 3.05) is 39.1 Å². The topological polar surface area (TPSA) is 84.0 Å². The molecule has 2 aliphatic rings. The van der Waals surface area contributed by atoms with Crippen molar-refractivity contribution in [3.05, 3.63) is 89.4 Å². The average molecular weight is 611 g/mol. The van der Waals surface area contributed by atoms with Crippen molar-refractivity contribution in [2.45, 2.75) is 45.1 Å². The lowest BCUT2D eigenvalue weighted by Crippen LogP contribution is -2.42. The fourth-order valence-corrected chi connectivity index (χ4v) is 6.37. The zero-order valence-corrected chi connectivity index (χ0v) is 25.9. The van der Waals surface area contributed by atoms with Gasteiger partial charge in [0.2, 0.25) is 0 Å². The van der Waals surface area contributed by atoms with E-state index < -0.39 is 17.6 Å². The van der Waals surface area contributed by atoms with Gasteiger partial charge in [0.25, 0.3) is 0 Å². The molecule has 4 aromatic rings. The normalized spacial score (nSPS) is 15.5. The first-order valence-electron chi connectivity index (χ1n) is 15.7. The molecule has 234 valence electrons. The van der Waals surface area contributed by atoms with Crippen molar-refractivity contribution < 1.29 is 23.5 Å². The quantitative estimate of drug-likeness (QED) is 0.234. The number of fused-ring (bicyclic) bond motifs is 2. The Morgan fingerprint density at radius 2 is 1.78 bits per heavy atom. The molecule has 0 unspecified atom stereocenters. The molecule has 0 atom stereocenters. The van der Waals surface area contributed by atoms with Gasteiger partial charge in [0.1, 0.15) is 11.5 Å². The largest absolute Gasteiger partial charge is 0.496 e. The number of nitrogens with one attached hydrogen (secondary N) is 1. The highest BCUT2D eigenvalue weighted by molar-refractivity contribution is 6.39. The first kappa shape index (κ1) is 30.5. The van der Waals surface area contributed by atoms with Crippen LogP contribution in [0, 0.1) is 11.7 Å². The Morgan fingerprint density at radius 1 is 0.978 bits per heavy atom. The van der Waals surface area contributed by atoms with Crippen LogP contribution in [-0.2, 0) is 29.0 Å². The van der Waals surface area contributed by atoms with Crippen molar-refractivity contribution in [1.29, 1.82) is 0 Å². The van der Waals surface area contributed by atoms with Crippen molar-refractivity contribution in [1.82, 2.24) is 14.8 Å². The maximum absolute atomic E-state index is 15.2. The van der Waals surface area contributed by atoms with Gasteiger partial charge < -0.3 is 24.6 Å². The van der Waals surface area contributed by atoms with E-state index in [9.17, 15) is 9.59 Å². The van der Waals surface area contributed by atoms with Crippen LogP contribution in [0.3, 0.4) is 0 Å². The summed E-state index contributed by atoms with van der Waals surface area (Å²) in [7, 11) is 3.84. The average Bonchev–Trinajstić information content (AvgIpc) is 3.06. The number of nitrogens with zero attached hydrogens (tertiary/aromatic N) is 3. The summed E-state index contributed by atoms with van der Waals surface area (Å²) in [6.07, 6.45) is 8.01. The van der Waals surface area contributed by atoms with Gasteiger partial charge in [0.05, 0.1) is 12.6 Å². The molecule has 1 fully saturated rings. The molecule has 0 radical (unpaired) electrons. The number of benzene rings is 3. The van der Waals surface area contributed by atoms with E-state index in [4.69, 9.17) is 9.47 Å². The Hall–Kier alpha value is -4.50. The Labute approximate surface area is 263 Å². The third-order valence-corrected chi connectivity index (χ3v) is 9.02. The molecule has 1 aromatic heterocycles. The van der Waals surface area contributed by atoms with Crippen LogP contribution in [0.4, 0.5) is 10.1 Å². The molecule has 2 amide bonds. The number of carbonyl (C=O) groups is 2. The number of likely N-dealkylation sites (tertiary alicyclic amines) is 1. The molecule has 3 heterocycles. The minimum absolute atomic E-state index is 0.0133. The lowest BCUT2D eigenvalue weighted by atomic mass is 9.91. The number of halogens is 1. The number of piperidine rings is 1. The first-order valence-corrected chi connectivity index (χ1v) is 15.7. The summed E-state index contributed by atoms with van der Waals surface area (Å²) in [5, 5.41) is 3.24. The zero-order valence-electron chi connectivity index (χ0n) is 25.9. The third kappa shape index (κ3) is 7.09. The number of hydrogen-bond donors (Lipinski definition) is 1. The van der Waals surface area contributed by atoms with E-state index in [1.54, 1.807) is 19.4 Å². The minimum atomic E-state index is -0.808. The Morgan fingerprint density at radius 3 is 2.56 bits per heavy atom. The molecule has 2 aliphatic heterocycles. The summed E-state index contributed by atoms with van der Waals surface area (Å²) in [6.45, 7) is 3.16. The number of rotatable bonds is 8. The van der Waals surface area contributed by atoms with Crippen molar-refractivity contribution in [2.24, 2.45) is 5.92 Å². The van der Waals surface area contributed by atoms with Gasteiger partial charge in [-0.05, 0) is 105 Å². The van der Waals surface area contributed by atoms with Crippen molar-refractivity contribution in [3.8, 4) is 17.2 Å². The molecule has 0 aliphatic carbocycles. The van der Waals surface area contributed by atoms with Gasteiger partial charge in [-0.25, -0.2) is 4.39 Å². The molecular weight excluding hydrogens is 571 g/mol. The van der Waals surface area contributed by atoms with Gasteiger partial charge in [-0.3, -0.25) is 14.6 Å². The highest BCUT2D eigenvalue weighted by Gasteiger charge is 2.26. The third-order valence-electron chi connectivity index (χ3n) is 9.02. The monoisotopic (exact) mass is 610 g/mol. The number of methoxy groups -OCH3 is 1. The number of anilines is 1. The van der Waals surface area contributed by atoms with Crippen LogP contribution in [0.2, 0.25) is 0 Å². The molecule has 1 N–H and O–H groups in total. The van der Waals surface area contributed by atoms with Gasteiger partial charge in [-0.15, -0.1) is 0 Å². The Kier molecular flexibility index (Phi) is 9.26. The predicted octanol–water partition coefficient (Wildman–Crippen LogP) is 6.36. The molecule has 1 saturated heterocycles. The number of ether oxygens (including phenoxy) is 2. The number of amides is 2. The van der Waals surface area contributed by atoms with Crippen LogP contribution in [0.5, 0.6) is 17.2 Å². The fourth-order valence-electron chi connectivity index (χ4n) is 6.37. The highest BCUT2D eigenvalue weighted by Crippen LogP contribution is 2.36. The van der Waals surface area contributed by atoms with Gasteiger partial charge in [0, 0.05) is 36.4 Å². The van der Waals surface area contributed by atoms with Crippen LogP contribution < -0.4 is 14.8 Å². The molecule has 8 nitrogen and oxygen atoms in total. The van der Waals surface area contributed by atoms with E-state index in [1.165, 1.54) is 54.9 Å². The van der Waals surface area contributed by atoms with E-state index in [0.29, 0.717) is 30.6 Å². The summed E-state index contributed by atoms with van der Waals surface area (Å²) in [4.78, 5) is 34.0. The highest BCUT2D eigenvalue weighted by atomic mass is 19.1. The van der Waals surface area contributed by atoms with Gasteiger partial charge in [-0.2, -0.15) is 0 Å². The molecule has 9 heteroatoms. The minimum Gasteiger partial charge on any atom is -0.496 e. The van der Waals surface area contributed by atoms with Gasteiger partial charge in [-0.1, -0.05) is 30.7 Å². The van der Waals surface area contributed by atoms with E-state index in [0.717, 1.165) is 47.2 Å². The lowest BCUT2D eigenvalue weighted by molar-refractivity contribution is -0.143. The van der Waals surface area contributed by atoms with Crippen LogP contribution in [0.25, 0.3) is 10.9 Å². The fraction of sp³-hybridized carbons (Fsp3) is 0.361. The Bertz CT molecular complexity index is 1700. The number of pyridine rings is 1. The number of aromatic nitrogens is 1. The van der Waals surface area contributed by atoms with Crippen LogP contribution in [0.15, 0.2) is 66.9 Å². The molecule has 6 rings (SSSR count).